The summed E-state index contributed by atoms with van der Waals surface area (Å²) in [4.78, 5) is 56.2. The first-order valence-electron chi connectivity index (χ1n) is 9.00. The number of likely N-dealkylation sites (tertiary alicyclic amines) is 1. The van der Waals surface area contributed by atoms with Gasteiger partial charge in [0.1, 0.15) is 12.1 Å². The second-order valence-corrected chi connectivity index (χ2v) is 8.65. The SMILES string of the molecule is CC(=O)c1sc(C2CCN(C(=O)CN3C(=O)NC(C)(C)C3=O)CC2)nc1C. The van der Waals surface area contributed by atoms with E-state index in [9.17, 15) is 19.2 Å². The van der Waals surface area contributed by atoms with E-state index < -0.39 is 11.6 Å². The largest absolute Gasteiger partial charge is 0.341 e. The molecule has 1 aromatic rings. The molecule has 4 amide bonds. The van der Waals surface area contributed by atoms with Gasteiger partial charge in [0.25, 0.3) is 5.91 Å². The number of nitrogens with one attached hydrogen (secondary N) is 1. The van der Waals surface area contributed by atoms with Gasteiger partial charge in [-0.25, -0.2) is 9.78 Å². The third-order valence-corrected chi connectivity index (χ3v) is 6.49. The van der Waals surface area contributed by atoms with Crippen LogP contribution in [0, 0.1) is 6.92 Å². The Labute approximate surface area is 161 Å². The van der Waals surface area contributed by atoms with Crippen molar-refractivity contribution in [2.24, 2.45) is 0 Å². The number of hydrogen-bond acceptors (Lipinski definition) is 6. The summed E-state index contributed by atoms with van der Waals surface area (Å²) in [6, 6.07) is -0.525. The molecule has 1 aromatic heterocycles. The number of aromatic nitrogens is 1. The predicted octanol–water partition coefficient (Wildman–Crippen LogP) is 1.69. The minimum atomic E-state index is -0.971. The molecule has 0 aliphatic carbocycles. The van der Waals surface area contributed by atoms with Crippen molar-refractivity contribution in [2.45, 2.75) is 52.0 Å². The molecule has 0 radical (unpaired) electrons. The minimum absolute atomic E-state index is 0.0281. The van der Waals surface area contributed by atoms with Gasteiger partial charge in [-0.15, -0.1) is 11.3 Å². The standard InChI is InChI=1S/C18H24N4O4S/c1-10-14(11(2)23)27-15(19-10)12-5-7-21(8-6-12)13(24)9-22-16(25)18(3,4)20-17(22)26/h12H,5-9H2,1-4H3,(H,20,26). The number of imide groups is 1. The molecule has 0 spiro atoms. The fraction of sp³-hybridized carbons (Fsp3) is 0.611. The van der Waals surface area contributed by atoms with Gasteiger partial charge in [0.05, 0.1) is 15.6 Å². The Hall–Kier alpha value is -2.29. The van der Waals surface area contributed by atoms with Gasteiger partial charge in [0.2, 0.25) is 5.91 Å². The summed E-state index contributed by atoms with van der Waals surface area (Å²) >= 11 is 1.44. The number of aryl methyl sites for hydroxylation is 1. The van der Waals surface area contributed by atoms with Crippen LogP contribution < -0.4 is 5.32 Å². The second kappa shape index (κ2) is 7.03. The van der Waals surface area contributed by atoms with Crippen molar-refractivity contribution in [3.63, 3.8) is 0 Å². The third-order valence-electron chi connectivity index (χ3n) is 5.07. The Morgan fingerprint density at radius 3 is 2.37 bits per heavy atom. The maximum absolute atomic E-state index is 12.5. The molecule has 0 atom stereocenters. The summed E-state index contributed by atoms with van der Waals surface area (Å²) in [5.74, 6) is -0.359. The normalized spacial score (nSPS) is 20.1. The fourth-order valence-electron chi connectivity index (χ4n) is 3.49. The van der Waals surface area contributed by atoms with Crippen LogP contribution in [0.3, 0.4) is 0 Å². The van der Waals surface area contributed by atoms with E-state index in [1.807, 2.05) is 6.92 Å². The molecule has 2 aliphatic heterocycles. The number of urea groups is 1. The average molecular weight is 392 g/mol. The first-order valence-corrected chi connectivity index (χ1v) is 9.82. The molecule has 3 heterocycles. The number of carbonyl (C=O) groups is 4. The quantitative estimate of drug-likeness (QED) is 0.621. The van der Waals surface area contributed by atoms with Gasteiger partial charge in [-0.05, 0) is 33.6 Å². The highest BCUT2D eigenvalue weighted by Crippen LogP contribution is 2.33. The van der Waals surface area contributed by atoms with Crippen LogP contribution >= 0.6 is 11.3 Å². The highest BCUT2D eigenvalue weighted by molar-refractivity contribution is 7.13. The molecule has 2 saturated heterocycles. The van der Waals surface area contributed by atoms with Crippen LogP contribution in [0.2, 0.25) is 0 Å². The first kappa shape index (κ1) is 19.5. The number of carbonyl (C=O) groups excluding carboxylic acids is 4. The van der Waals surface area contributed by atoms with Gasteiger partial charge in [-0.2, -0.15) is 0 Å². The molecule has 0 saturated carbocycles. The number of ketones is 1. The third kappa shape index (κ3) is 3.73. The lowest BCUT2D eigenvalue weighted by atomic mass is 9.97. The van der Waals surface area contributed by atoms with Gasteiger partial charge >= 0.3 is 6.03 Å². The number of amides is 4. The van der Waals surface area contributed by atoms with Crippen LogP contribution in [0.25, 0.3) is 0 Å². The molecule has 0 aromatic carbocycles. The van der Waals surface area contributed by atoms with E-state index in [0.29, 0.717) is 18.0 Å². The molecule has 0 unspecified atom stereocenters. The number of hydrogen-bond donors (Lipinski definition) is 1. The smallest absolute Gasteiger partial charge is 0.325 e. The van der Waals surface area contributed by atoms with Crippen molar-refractivity contribution in [3.05, 3.63) is 15.6 Å². The number of nitrogens with zero attached hydrogens (tertiary/aromatic N) is 3. The van der Waals surface area contributed by atoms with Crippen molar-refractivity contribution in [1.82, 2.24) is 20.1 Å². The van der Waals surface area contributed by atoms with Gasteiger partial charge < -0.3 is 10.2 Å². The Morgan fingerprint density at radius 2 is 1.89 bits per heavy atom. The van der Waals surface area contributed by atoms with Gasteiger partial charge in [0.15, 0.2) is 5.78 Å². The van der Waals surface area contributed by atoms with E-state index in [1.165, 1.54) is 11.3 Å². The van der Waals surface area contributed by atoms with Crippen molar-refractivity contribution >= 4 is 35.0 Å². The van der Waals surface area contributed by atoms with Crippen LogP contribution in [0.15, 0.2) is 0 Å². The summed E-state index contributed by atoms with van der Waals surface area (Å²) in [7, 11) is 0. The van der Waals surface area contributed by atoms with E-state index in [1.54, 1.807) is 25.7 Å². The van der Waals surface area contributed by atoms with Crippen LogP contribution in [0.5, 0.6) is 0 Å². The molecule has 146 valence electrons. The minimum Gasteiger partial charge on any atom is -0.341 e. The van der Waals surface area contributed by atoms with E-state index in [4.69, 9.17) is 0 Å². The van der Waals surface area contributed by atoms with Crippen molar-refractivity contribution in [1.29, 1.82) is 0 Å². The number of Topliss-reactive ketones (excluding diaryl/α,β-unsaturated/α-hetero) is 1. The van der Waals surface area contributed by atoms with E-state index >= 15 is 0 Å². The summed E-state index contributed by atoms with van der Waals surface area (Å²) < 4.78 is 0. The van der Waals surface area contributed by atoms with Crippen molar-refractivity contribution in [2.75, 3.05) is 19.6 Å². The topological polar surface area (TPSA) is 99.7 Å². The highest BCUT2D eigenvalue weighted by Gasteiger charge is 2.45. The summed E-state index contributed by atoms with van der Waals surface area (Å²) in [5, 5.41) is 3.52. The molecule has 27 heavy (non-hydrogen) atoms. The lowest BCUT2D eigenvalue weighted by Gasteiger charge is -2.32. The maximum Gasteiger partial charge on any atom is 0.325 e. The Balaban J connectivity index is 1.58. The average Bonchev–Trinajstić information content (AvgIpc) is 3.08. The lowest BCUT2D eigenvalue weighted by Crippen LogP contribution is -2.46. The van der Waals surface area contributed by atoms with Crippen LogP contribution in [-0.2, 0) is 9.59 Å². The van der Waals surface area contributed by atoms with Crippen molar-refractivity contribution in [3.8, 4) is 0 Å². The highest BCUT2D eigenvalue weighted by atomic mass is 32.1. The van der Waals surface area contributed by atoms with Gasteiger partial charge in [-0.1, -0.05) is 0 Å². The zero-order valence-electron chi connectivity index (χ0n) is 16.0. The summed E-state index contributed by atoms with van der Waals surface area (Å²) in [6.45, 7) is 7.49. The zero-order valence-corrected chi connectivity index (χ0v) is 16.8. The van der Waals surface area contributed by atoms with E-state index in [-0.39, 0.29) is 30.1 Å². The van der Waals surface area contributed by atoms with Gasteiger partial charge in [0, 0.05) is 25.9 Å². The molecule has 0 bridgehead atoms. The summed E-state index contributed by atoms with van der Waals surface area (Å²) in [6.07, 6.45) is 1.50. The molecule has 2 fully saturated rings. The number of thiazole rings is 1. The molecule has 2 aliphatic rings. The monoisotopic (exact) mass is 392 g/mol. The molecule has 3 rings (SSSR count). The second-order valence-electron chi connectivity index (χ2n) is 7.62. The van der Waals surface area contributed by atoms with Crippen LogP contribution in [-0.4, -0.2) is 63.6 Å². The number of piperidine rings is 1. The van der Waals surface area contributed by atoms with E-state index in [2.05, 4.69) is 10.3 Å². The Kier molecular flexibility index (Phi) is 5.07. The summed E-state index contributed by atoms with van der Waals surface area (Å²) in [5.41, 5.74) is -0.205. The first-order chi connectivity index (χ1) is 12.6. The zero-order chi connectivity index (χ0) is 19.9. The molecular weight excluding hydrogens is 368 g/mol. The fourth-order valence-corrected chi connectivity index (χ4v) is 4.62. The van der Waals surface area contributed by atoms with Crippen molar-refractivity contribution < 1.29 is 19.2 Å². The molecular formula is C18H24N4O4S. The Bertz CT molecular complexity index is 808. The van der Waals surface area contributed by atoms with Gasteiger partial charge in [-0.3, -0.25) is 19.3 Å². The van der Waals surface area contributed by atoms with Crippen LogP contribution in [0.1, 0.15) is 59.9 Å². The molecule has 9 heteroatoms. The van der Waals surface area contributed by atoms with Crippen LogP contribution in [0.4, 0.5) is 4.79 Å². The van der Waals surface area contributed by atoms with E-state index in [0.717, 1.165) is 28.4 Å². The molecule has 1 N–H and O–H groups in total. The Morgan fingerprint density at radius 1 is 1.26 bits per heavy atom. The number of rotatable bonds is 4. The molecule has 8 nitrogen and oxygen atoms in total. The lowest BCUT2D eigenvalue weighted by molar-refractivity contribution is -0.139. The predicted molar refractivity (Wildman–Crippen MR) is 99.7 cm³/mol. The maximum atomic E-state index is 12.5.